The molecule has 238 valence electrons. The SMILES string of the molecule is CCCC(=O)CC(O)(CCCC(C)[P+](C1CCCC1)(C1CCCC1)C1CCCC1)c1ccccc1.O=C([O-])C(F)(F)F. The minimum Gasteiger partial charge on any atom is -0.542 e. The number of hydrogen-bond donors (Lipinski definition) is 1. The van der Waals surface area contributed by atoms with E-state index in [2.05, 4.69) is 13.8 Å². The smallest absolute Gasteiger partial charge is 0.430 e. The summed E-state index contributed by atoms with van der Waals surface area (Å²) in [4.78, 5) is 21.4. The molecule has 4 rings (SSSR count). The standard InChI is InChI=1S/C32H52O2P.C2HF3O2/c1-3-14-28(33)25-32(34,27-16-5-4-6-17-27)24-13-15-26(2)35(29-18-7-8-19-29,30-20-9-10-21-30)31-22-11-12-23-31;3-2(4,5)1(6)7/h4-6,16-17,26,29-31,34H,3,7-15,18-25H2,1-2H3;(H,6,7)/q+1;/p-1. The van der Waals surface area contributed by atoms with Crippen molar-refractivity contribution in [2.45, 2.75) is 164 Å². The molecule has 3 aliphatic rings. The van der Waals surface area contributed by atoms with Crippen LogP contribution in [0, 0.1) is 0 Å². The van der Waals surface area contributed by atoms with Crippen LogP contribution in [0.4, 0.5) is 13.2 Å². The van der Waals surface area contributed by atoms with E-state index in [1.54, 1.807) is 0 Å². The average molecular weight is 613 g/mol. The first-order chi connectivity index (χ1) is 19.9. The number of alkyl halides is 3. The van der Waals surface area contributed by atoms with Crippen molar-refractivity contribution >= 4 is 19.0 Å². The number of aliphatic carboxylic acids is 1. The van der Waals surface area contributed by atoms with Gasteiger partial charge in [0.15, 0.2) is 0 Å². The Kier molecular flexibility index (Phi) is 13.4. The second kappa shape index (κ2) is 16.0. The first-order valence-electron chi connectivity index (χ1n) is 16.4. The average Bonchev–Trinajstić information content (AvgIpc) is 3.75. The van der Waals surface area contributed by atoms with Crippen molar-refractivity contribution in [1.82, 2.24) is 0 Å². The third kappa shape index (κ3) is 8.80. The van der Waals surface area contributed by atoms with Crippen molar-refractivity contribution < 1.29 is 33.0 Å². The Bertz CT molecular complexity index is 926. The number of carbonyl (C=O) groups is 2. The molecule has 0 spiro atoms. The Balaban J connectivity index is 0.000000616. The molecule has 0 bridgehead atoms. The van der Waals surface area contributed by atoms with Gasteiger partial charge in [-0.3, -0.25) is 4.79 Å². The van der Waals surface area contributed by atoms with Gasteiger partial charge in [-0.2, -0.15) is 13.2 Å². The predicted octanol–water partition coefficient (Wildman–Crippen LogP) is 8.34. The number of carboxylic acid groups (broad SMARTS) is 1. The van der Waals surface area contributed by atoms with Gasteiger partial charge in [0.25, 0.3) is 0 Å². The van der Waals surface area contributed by atoms with Gasteiger partial charge >= 0.3 is 6.18 Å². The first-order valence-corrected chi connectivity index (χ1v) is 18.5. The number of hydrogen-bond acceptors (Lipinski definition) is 4. The third-order valence-electron chi connectivity index (χ3n) is 10.4. The minimum atomic E-state index is -5.19. The fraction of sp³-hybridized carbons (Fsp3) is 0.765. The Morgan fingerprint density at radius 2 is 1.33 bits per heavy atom. The second-order valence-corrected chi connectivity index (χ2v) is 18.0. The van der Waals surface area contributed by atoms with Gasteiger partial charge in [0.05, 0.1) is 28.2 Å². The molecule has 2 unspecified atom stereocenters. The van der Waals surface area contributed by atoms with Crippen LogP contribution in [0.2, 0.25) is 0 Å². The maximum atomic E-state index is 12.7. The molecule has 0 heterocycles. The molecule has 2 atom stereocenters. The monoisotopic (exact) mass is 612 g/mol. The topological polar surface area (TPSA) is 77.4 Å². The van der Waals surface area contributed by atoms with Gasteiger partial charge in [-0.25, -0.2) is 0 Å². The highest BCUT2D eigenvalue weighted by atomic mass is 31.2. The Labute approximate surface area is 251 Å². The number of carbonyl (C=O) groups excluding carboxylic acids is 2. The number of benzene rings is 1. The van der Waals surface area contributed by atoms with Gasteiger partial charge in [-0.15, -0.1) is 0 Å². The van der Waals surface area contributed by atoms with E-state index in [-0.39, 0.29) is 12.2 Å². The lowest BCUT2D eigenvalue weighted by atomic mass is 9.83. The molecule has 0 aliphatic heterocycles. The lowest BCUT2D eigenvalue weighted by molar-refractivity contribution is -0.344. The highest BCUT2D eigenvalue weighted by Gasteiger charge is 2.61. The fourth-order valence-corrected chi connectivity index (χ4v) is 17.1. The maximum Gasteiger partial charge on any atom is 0.430 e. The summed E-state index contributed by atoms with van der Waals surface area (Å²) in [6.45, 7) is 4.70. The summed E-state index contributed by atoms with van der Waals surface area (Å²) in [6, 6.07) is 10.1. The van der Waals surface area contributed by atoms with Gasteiger partial charge in [0.2, 0.25) is 0 Å². The van der Waals surface area contributed by atoms with Crippen LogP contribution >= 0.6 is 7.26 Å². The van der Waals surface area contributed by atoms with Crippen LogP contribution in [0.25, 0.3) is 0 Å². The molecule has 1 aromatic carbocycles. The third-order valence-corrected chi connectivity index (χ3v) is 17.5. The van der Waals surface area contributed by atoms with E-state index in [1.807, 2.05) is 30.3 Å². The highest BCUT2D eigenvalue weighted by Crippen LogP contribution is 2.81. The molecule has 4 nitrogen and oxygen atoms in total. The van der Waals surface area contributed by atoms with E-state index < -0.39 is 25.0 Å². The van der Waals surface area contributed by atoms with Crippen molar-refractivity contribution in [3.63, 3.8) is 0 Å². The fourth-order valence-electron chi connectivity index (χ4n) is 8.72. The lowest BCUT2D eigenvalue weighted by Crippen LogP contribution is -2.37. The molecule has 3 fully saturated rings. The molecule has 3 saturated carbocycles. The summed E-state index contributed by atoms with van der Waals surface area (Å²) in [5.41, 5.74) is 3.83. The van der Waals surface area contributed by atoms with Crippen LogP contribution in [0.15, 0.2) is 30.3 Å². The lowest BCUT2D eigenvalue weighted by Gasteiger charge is -2.46. The van der Waals surface area contributed by atoms with Crippen LogP contribution in [-0.4, -0.2) is 45.7 Å². The number of carboxylic acids is 1. The van der Waals surface area contributed by atoms with Crippen LogP contribution in [-0.2, 0) is 15.2 Å². The summed E-state index contributed by atoms with van der Waals surface area (Å²) < 4.78 is 31.5. The normalized spacial score (nSPS) is 21.1. The molecule has 0 radical (unpaired) electrons. The molecule has 3 aliphatic carbocycles. The van der Waals surface area contributed by atoms with E-state index >= 15 is 0 Å². The van der Waals surface area contributed by atoms with E-state index in [1.165, 1.54) is 83.5 Å². The zero-order valence-electron chi connectivity index (χ0n) is 25.7. The molecule has 1 aromatic rings. The summed E-state index contributed by atoms with van der Waals surface area (Å²) in [5.74, 6) is -2.80. The van der Waals surface area contributed by atoms with Crippen molar-refractivity contribution in [2.24, 2.45) is 0 Å². The Hall–Kier alpha value is -1.46. The van der Waals surface area contributed by atoms with E-state index in [0.717, 1.165) is 47.5 Å². The molecule has 8 heteroatoms. The van der Waals surface area contributed by atoms with E-state index in [4.69, 9.17) is 9.90 Å². The summed E-state index contributed by atoms with van der Waals surface area (Å²) >= 11 is 0. The molecule has 0 aromatic heterocycles. The van der Waals surface area contributed by atoms with Crippen molar-refractivity contribution in [3.8, 4) is 0 Å². The van der Waals surface area contributed by atoms with Gasteiger partial charge in [0, 0.05) is 20.1 Å². The van der Waals surface area contributed by atoms with Gasteiger partial charge in [0.1, 0.15) is 11.8 Å². The van der Waals surface area contributed by atoms with Crippen LogP contribution in [0.1, 0.15) is 135 Å². The largest absolute Gasteiger partial charge is 0.542 e. The summed E-state index contributed by atoms with van der Waals surface area (Å²) in [5, 5.41) is 20.6. The number of Topliss-reactive ketones (excluding diaryl/α,β-unsaturated/α-hetero) is 1. The van der Waals surface area contributed by atoms with Crippen LogP contribution < -0.4 is 5.11 Å². The van der Waals surface area contributed by atoms with Crippen molar-refractivity contribution in [1.29, 1.82) is 0 Å². The highest BCUT2D eigenvalue weighted by molar-refractivity contribution is 7.78. The van der Waals surface area contributed by atoms with Crippen molar-refractivity contribution in [2.75, 3.05) is 0 Å². The molecule has 1 N–H and O–H groups in total. The maximum absolute atomic E-state index is 12.7. The minimum absolute atomic E-state index is 0.205. The van der Waals surface area contributed by atoms with Crippen LogP contribution in [0.3, 0.4) is 0 Å². The predicted molar refractivity (Wildman–Crippen MR) is 163 cm³/mol. The first kappa shape index (κ1) is 35.0. The molecular formula is C34H52F3O4P. The second-order valence-electron chi connectivity index (χ2n) is 13.1. The summed E-state index contributed by atoms with van der Waals surface area (Å²) in [6.07, 6.45) is 17.3. The van der Waals surface area contributed by atoms with Gasteiger partial charge in [-0.1, -0.05) is 37.3 Å². The summed E-state index contributed by atoms with van der Waals surface area (Å²) in [7, 11) is -1.07. The van der Waals surface area contributed by atoms with E-state index in [9.17, 15) is 23.1 Å². The van der Waals surface area contributed by atoms with E-state index in [0.29, 0.717) is 6.42 Å². The zero-order valence-corrected chi connectivity index (χ0v) is 26.6. The van der Waals surface area contributed by atoms with Crippen molar-refractivity contribution in [3.05, 3.63) is 35.9 Å². The molecule has 0 amide bonds. The molecule has 0 saturated heterocycles. The number of aliphatic hydroxyl groups is 1. The molecule has 42 heavy (non-hydrogen) atoms. The Morgan fingerprint density at radius 1 is 0.905 bits per heavy atom. The molecular weight excluding hydrogens is 560 g/mol. The quantitative estimate of drug-likeness (QED) is 0.227. The zero-order chi connectivity index (χ0) is 30.8. The number of ketones is 1. The number of rotatable bonds is 13. The Morgan fingerprint density at radius 3 is 1.71 bits per heavy atom. The van der Waals surface area contributed by atoms with Gasteiger partial charge < -0.3 is 15.0 Å². The number of halogens is 3. The van der Waals surface area contributed by atoms with Gasteiger partial charge in [-0.05, 0) is 115 Å². The van der Waals surface area contributed by atoms with Crippen LogP contribution in [0.5, 0.6) is 0 Å².